The van der Waals surface area contributed by atoms with E-state index >= 15 is 0 Å². The van der Waals surface area contributed by atoms with E-state index in [1.807, 2.05) is 63.2 Å². The fourth-order valence-electron chi connectivity index (χ4n) is 3.55. The molecule has 0 aromatic heterocycles. The zero-order valence-corrected chi connectivity index (χ0v) is 17.0. The largest absolute Gasteiger partial charge is 0.350 e. The van der Waals surface area contributed by atoms with Crippen LogP contribution in [0.4, 0.5) is 15.8 Å². The number of carbonyl (C=O) groups is 2. The lowest BCUT2D eigenvalue weighted by Gasteiger charge is -2.16. The first-order chi connectivity index (χ1) is 14.3. The van der Waals surface area contributed by atoms with E-state index in [-0.39, 0.29) is 5.70 Å². The number of imide groups is 1. The lowest BCUT2D eigenvalue weighted by molar-refractivity contribution is -0.120. The molecule has 0 radical (unpaired) electrons. The van der Waals surface area contributed by atoms with Crippen molar-refractivity contribution in [3.05, 3.63) is 100 Å². The first-order valence-electron chi connectivity index (χ1n) is 9.65. The molecule has 4 rings (SSSR count). The van der Waals surface area contributed by atoms with Crippen LogP contribution < -0.4 is 10.2 Å². The molecule has 1 aliphatic rings. The van der Waals surface area contributed by atoms with Crippen LogP contribution in [0, 0.1) is 26.6 Å². The predicted molar refractivity (Wildman–Crippen MR) is 117 cm³/mol. The van der Waals surface area contributed by atoms with E-state index < -0.39 is 17.6 Å². The van der Waals surface area contributed by atoms with Crippen LogP contribution in [0.1, 0.15) is 22.3 Å². The summed E-state index contributed by atoms with van der Waals surface area (Å²) >= 11 is 0. The molecule has 150 valence electrons. The molecule has 0 unspecified atom stereocenters. The lowest BCUT2D eigenvalue weighted by atomic mass is 10.0. The summed E-state index contributed by atoms with van der Waals surface area (Å²) in [4.78, 5) is 27.7. The number of anilines is 2. The number of hydrogen-bond donors (Lipinski definition) is 1. The van der Waals surface area contributed by atoms with Gasteiger partial charge >= 0.3 is 0 Å². The molecule has 30 heavy (non-hydrogen) atoms. The molecule has 0 bridgehead atoms. The lowest BCUT2D eigenvalue weighted by Crippen LogP contribution is -2.32. The first-order valence-corrected chi connectivity index (χ1v) is 9.65. The maximum atomic E-state index is 13.4. The zero-order valence-electron chi connectivity index (χ0n) is 17.0. The minimum Gasteiger partial charge on any atom is -0.350 e. The van der Waals surface area contributed by atoms with Crippen LogP contribution >= 0.6 is 0 Å². The summed E-state index contributed by atoms with van der Waals surface area (Å²) in [5.41, 5.74) is 5.35. The molecule has 0 atom stereocenters. The number of rotatable bonds is 4. The minimum atomic E-state index is -0.470. The monoisotopic (exact) mass is 400 g/mol. The van der Waals surface area contributed by atoms with Crippen molar-refractivity contribution in [2.45, 2.75) is 20.8 Å². The molecule has 0 fully saturated rings. The van der Waals surface area contributed by atoms with Crippen molar-refractivity contribution in [2.75, 3.05) is 10.2 Å². The Morgan fingerprint density at radius 2 is 1.40 bits per heavy atom. The number of aryl methyl sites for hydroxylation is 3. The number of nitrogens with zero attached hydrogens (tertiary/aromatic N) is 1. The van der Waals surface area contributed by atoms with Gasteiger partial charge in [0.25, 0.3) is 11.8 Å². The maximum Gasteiger partial charge on any atom is 0.282 e. The fourth-order valence-corrected chi connectivity index (χ4v) is 3.55. The summed E-state index contributed by atoms with van der Waals surface area (Å²) in [5.74, 6) is -1.34. The van der Waals surface area contributed by atoms with Crippen LogP contribution in [-0.4, -0.2) is 11.8 Å². The third-order valence-corrected chi connectivity index (χ3v) is 5.15. The van der Waals surface area contributed by atoms with Gasteiger partial charge in [-0.15, -0.1) is 0 Å². The van der Waals surface area contributed by atoms with E-state index in [2.05, 4.69) is 5.32 Å². The Kier molecular flexibility index (Phi) is 4.96. The third kappa shape index (κ3) is 3.50. The molecule has 3 aromatic rings. The highest BCUT2D eigenvalue weighted by molar-refractivity contribution is 6.46. The molecular weight excluding hydrogens is 379 g/mol. The number of halogens is 1. The van der Waals surface area contributed by atoms with Gasteiger partial charge in [0.15, 0.2) is 0 Å². The van der Waals surface area contributed by atoms with E-state index in [1.165, 1.54) is 24.3 Å². The van der Waals surface area contributed by atoms with Gasteiger partial charge in [0.05, 0.1) is 11.3 Å². The van der Waals surface area contributed by atoms with E-state index in [1.54, 1.807) is 0 Å². The number of amides is 2. The van der Waals surface area contributed by atoms with E-state index in [0.717, 1.165) is 27.3 Å². The van der Waals surface area contributed by atoms with Gasteiger partial charge in [0.2, 0.25) is 0 Å². The highest BCUT2D eigenvalue weighted by atomic mass is 19.1. The second kappa shape index (κ2) is 7.59. The molecule has 1 aliphatic heterocycles. The van der Waals surface area contributed by atoms with Gasteiger partial charge in [-0.1, -0.05) is 47.5 Å². The summed E-state index contributed by atoms with van der Waals surface area (Å²) < 4.78 is 13.4. The van der Waals surface area contributed by atoms with Crippen LogP contribution in [0.2, 0.25) is 0 Å². The van der Waals surface area contributed by atoms with Crippen molar-refractivity contribution in [1.29, 1.82) is 0 Å². The molecule has 3 aromatic carbocycles. The first kappa shape index (κ1) is 19.6. The van der Waals surface area contributed by atoms with Crippen LogP contribution in [0.25, 0.3) is 5.57 Å². The highest BCUT2D eigenvalue weighted by Crippen LogP contribution is 2.34. The number of nitrogens with one attached hydrogen (secondary N) is 1. The minimum absolute atomic E-state index is 0.208. The zero-order chi connectivity index (χ0) is 21.4. The standard InChI is InChI=1S/C25H21FN2O2/c1-15-4-7-18(8-5-15)22-23(27-21-13-6-16(2)14-17(21)3)25(30)28(24(22)29)20-11-9-19(26)10-12-20/h4-14,27H,1-3H3. The third-order valence-electron chi connectivity index (χ3n) is 5.15. The van der Waals surface area contributed by atoms with Crippen molar-refractivity contribution in [3.63, 3.8) is 0 Å². The Morgan fingerprint density at radius 3 is 2.03 bits per heavy atom. The molecule has 0 spiro atoms. The Hall–Kier alpha value is -3.73. The quantitative estimate of drug-likeness (QED) is 0.617. The fraction of sp³-hybridized carbons (Fsp3) is 0.120. The Labute approximate surface area is 174 Å². The van der Waals surface area contributed by atoms with Crippen molar-refractivity contribution in [2.24, 2.45) is 0 Å². The normalized spacial score (nSPS) is 13.9. The number of benzene rings is 3. The summed E-state index contributed by atoms with van der Waals surface area (Å²) in [7, 11) is 0. The van der Waals surface area contributed by atoms with Crippen molar-refractivity contribution in [1.82, 2.24) is 0 Å². The number of carbonyl (C=O) groups excluding carboxylic acids is 2. The van der Waals surface area contributed by atoms with Gasteiger partial charge in [-0.2, -0.15) is 0 Å². The Morgan fingerprint density at radius 1 is 0.767 bits per heavy atom. The molecule has 4 nitrogen and oxygen atoms in total. The Balaban J connectivity index is 1.83. The van der Waals surface area contributed by atoms with Gasteiger partial charge in [-0.25, -0.2) is 9.29 Å². The second-order valence-corrected chi connectivity index (χ2v) is 7.48. The molecule has 0 saturated heterocycles. The topological polar surface area (TPSA) is 49.4 Å². The van der Waals surface area contributed by atoms with Gasteiger partial charge in [-0.3, -0.25) is 9.59 Å². The van der Waals surface area contributed by atoms with Crippen molar-refractivity contribution in [3.8, 4) is 0 Å². The van der Waals surface area contributed by atoms with Gasteiger partial charge in [0.1, 0.15) is 11.5 Å². The predicted octanol–water partition coefficient (Wildman–Crippen LogP) is 5.15. The molecule has 1 N–H and O–H groups in total. The summed E-state index contributed by atoms with van der Waals surface area (Å²) in [6.07, 6.45) is 0. The SMILES string of the molecule is Cc1ccc(C2=C(Nc3ccc(C)cc3C)C(=O)N(c3ccc(F)cc3)C2=O)cc1. The number of hydrogen-bond acceptors (Lipinski definition) is 3. The van der Waals surface area contributed by atoms with Crippen LogP contribution in [-0.2, 0) is 9.59 Å². The Bertz CT molecular complexity index is 1180. The van der Waals surface area contributed by atoms with Crippen molar-refractivity contribution < 1.29 is 14.0 Å². The van der Waals surface area contributed by atoms with Crippen LogP contribution in [0.3, 0.4) is 0 Å². The van der Waals surface area contributed by atoms with Crippen LogP contribution in [0.5, 0.6) is 0 Å². The molecule has 1 heterocycles. The van der Waals surface area contributed by atoms with Gasteiger partial charge in [0, 0.05) is 5.69 Å². The second-order valence-electron chi connectivity index (χ2n) is 7.48. The summed E-state index contributed by atoms with van der Waals surface area (Å²) in [6.45, 7) is 5.90. The molecule has 0 aliphatic carbocycles. The van der Waals surface area contributed by atoms with Gasteiger partial charge in [-0.05, 0) is 62.2 Å². The average molecular weight is 400 g/mol. The molecule has 2 amide bonds. The van der Waals surface area contributed by atoms with Crippen molar-refractivity contribution >= 4 is 28.8 Å². The van der Waals surface area contributed by atoms with Crippen LogP contribution in [0.15, 0.2) is 72.4 Å². The summed E-state index contributed by atoms with van der Waals surface area (Å²) in [5, 5.41) is 3.18. The van der Waals surface area contributed by atoms with E-state index in [9.17, 15) is 14.0 Å². The molecular formula is C25H21FN2O2. The van der Waals surface area contributed by atoms with E-state index in [4.69, 9.17) is 0 Å². The smallest absolute Gasteiger partial charge is 0.282 e. The van der Waals surface area contributed by atoms with E-state index in [0.29, 0.717) is 16.8 Å². The maximum absolute atomic E-state index is 13.4. The molecule has 5 heteroatoms. The average Bonchev–Trinajstić information content (AvgIpc) is 2.95. The summed E-state index contributed by atoms with van der Waals surface area (Å²) in [6, 6.07) is 18.6. The molecule has 0 saturated carbocycles. The van der Waals surface area contributed by atoms with Gasteiger partial charge < -0.3 is 5.32 Å². The highest BCUT2D eigenvalue weighted by Gasteiger charge is 2.40.